The van der Waals surface area contributed by atoms with E-state index in [1.807, 2.05) is 0 Å². The number of nitrogens with two attached hydrogens (primary N) is 1. The van der Waals surface area contributed by atoms with Gasteiger partial charge in [-0.3, -0.25) is 9.80 Å². The van der Waals surface area contributed by atoms with Crippen LogP contribution in [0.15, 0.2) is 10.3 Å². The van der Waals surface area contributed by atoms with Crippen LogP contribution in [0.5, 0.6) is 0 Å². The average molecular weight is 225 g/mol. The highest BCUT2D eigenvalue weighted by atomic mass is 16.1. The zero-order valence-corrected chi connectivity index (χ0v) is 9.34. The summed E-state index contributed by atoms with van der Waals surface area (Å²) in [5.74, 6) is -0.574. The van der Waals surface area contributed by atoms with E-state index >= 15 is 0 Å². The van der Waals surface area contributed by atoms with Crippen LogP contribution in [0.4, 0.5) is 5.82 Å². The molecule has 88 valence electrons. The molecule has 8 nitrogen and oxygen atoms in total. The third-order valence-electron chi connectivity index (χ3n) is 1.89. The number of unbranched alkanes of at least 4 members (excludes halogenated alkanes) is 1. The lowest BCUT2D eigenvalue weighted by Crippen LogP contribution is -2.12. The number of carbonyl (C=O) groups is 1. The first-order valence-electron chi connectivity index (χ1n) is 4.98. The molecule has 0 unspecified atom stereocenters. The Bertz CT molecular complexity index is 372. The largest absolute Gasteiger partial charge is 0.364 e. The van der Waals surface area contributed by atoms with E-state index in [0.717, 1.165) is 19.4 Å². The molecule has 0 radical (unpaired) electrons. The van der Waals surface area contributed by atoms with Gasteiger partial charge in [-0.2, -0.15) is 5.21 Å². The Hall–Kier alpha value is -1.99. The Morgan fingerprint density at radius 3 is 2.94 bits per heavy atom. The maximum Gasteiger partial charge on any atom is 0.273 e. The van der Waals surface area contributed by atoms with Crippen LogP contribution in [0, 0.1) is 0 Å². The summed E-state index contributed by atoms with van der Waals surface area (Å²) in [5.41, 5.74) is 5.06. The van der Waals surface area contributed by atoms with Gasteiger partial charge >= 0.3 is 0 Å². The maximum atomic E-state index is 10.9. The molecule has 1 amide bonds. The van der Waals surface area contributed by atoms with E-state index in [1.165, 1.54) is 0 Å². The zero-order valence-electron chi connectivity index (χ0n) is 9.34. The Balaban J connectivity index is 2.61. The van der Waals surface area contributed by atoms with Gasteiger partial charge in [-0.05, 0) is 6.42 Å². The van der Waals surface area contributed by atoms with Crippen molar-refractivity contribution in [2.24, 2.45) is 16.1 Å². The molecule has 1 heterocycles. The first-order valence-corrected chi connectivity index (χ1v) is 4.98. The summed E-state index contributed by atoms with van der Waals surface area (Å²) >= 11 is 0. The molecule has 0 aliphatic heterocycles. The van der Waals surface area contributed by atoms with Gasteiger partial charge in [0.05, 0.1) is 0 Å². The fraction of sp³-hybridized carbons (Fsp3) is 0.625. The molecule has 8 heteroatoms. The minimum absolute atomic E-state index is 0.00681. The third-order valence-corrected chi connectivity index (χ3v) is 1.89. The maximum absolute atomic E-state index is 10.9. The molecule has 0 aliphatic rings. The minimum atomic E-state index is -0.682. The van der Waals surface area contributed by atoms with Crippen LogP contribution in [-0.2, 0) is 0 Å². The predicted octanol–water partition coefficient (Wildman–Crippen LogP) is 0.634. The Kier molecular flexibility index (Phi) is 4.37. The van der Waals surface area contributed by atoms with Gasteiger partial charge in [-0.25, -0.2) is 0 Å². The lowest BCUT2D eigenvalue weighted by Gasteiger charge is -2.08. The molecule has 0 bridgehead atoms. The second kappa shape index (κ2) is 5.79. The summed E-state index contributed by atoms with van der Waals surface area (Å²) in [6.07, 6.45) is 2.10. The first kappa shape index (κ1) is 12.1. The summed E-state index contributed by atoms with van der Waals surface area (Å²) in [5, 5.41) is 18.8. The molecule has 0 aliphatic carbocycles. The molecule has 0 saturated heterocycles. The molecule has 0 fully saturated rings. The van der Waals surface area contributed by atoms with Crippen molar-refractivity contribution in [3.8, 4) is 0 Å². The van der Waals surface area contributed by atoms with Crippen molar-refractivity contribution in [1.29, 1.82) is 0 Å². The van der Waals surface area contributed by atoms with Crippen molar-refractivity contribution in [1.82, 2.24) is 20.4 Å². The van der Waals surface area contributed by atoms with Crippen LogP contribution in [0.2, 0.25) is 0 Å². The smallest absolute Gasteiger partial charge is 0.273 e. The number of aromatic amines is 1. The number of amides is 1. The molecule has 1 aromatic heterocycles. The molecule has 16 heavy (non-hydrogen) atoms. The van der Waals surface area contributed by atoms with Crippen molar-refractivity contribution in [2.45, 2.75) is 19.8 Å². The fourth-order valence-corrected chi connectivity index (χ4v) is 1.01. The van der Waals surface area contributed by atoms with Gasteiger partial charge in [-0.15, -0.1) is 15.3 Å². The quantitative estimate of drug-likeness (QED) is 0.546. The molecule has 0 spiro atoms. The standard InChI is InChI=1S/C8H15N7O/c1-3-4-5-15(2)14-12-8-6(7(9)16)10-13-11-8/h3-5H2,1-2H3,(H2,9,16)(H,10,11,13). The molecule has 1 aromatic rings. The van der Waals surface area contributed by atoms with Crippen LogP contribution in [0.3, 0.4) is 0 Å². The van der Waals surface area contributed by atoms with Crippen LogP contribution in [0.25, 0.3) is 0 Å². The number of H-pyrrole nitrogens is 1. The van der Waals surface area contributed by atoms with E-state index in [1.54, 1.807) is 12.1 Å². The average Bonchev–Trinajstić information content (AvgIpc) is 2.71. The van der Waals surface area contributed by atoms with E-state index in [2.05, 4.69) is 32.7 Å². The Labute approximate surface area is 92.9 Å². The highest BCUT2D eigenvalue weighted by Gasteiger charge is 2.12. The van der Waals surface area contributed by atoms with Gasteiger partial charge in [0.2, 0.25) is 5.82 Å². The second-order valence-corrected chi connectivity index (χ2v) is 3.28. The van der Waals surface area contributed by atoms with E-state index in [4.69, 9.17) is 5.73 Å². The van der Waals surface area contributed by atoms with Crippen LogP contribution in [0.1, 0.15) is 30.3 Å². The van der Waals surface area contributed by atoms with Crippen molar-refractivity contribution >= 4 is 11.7 Å². The van der Waals surface area contributed by atoms with E-state index in [0.29, 0.717) is 0 Å². The SMILES string of the molecule is CCCCN(C)N=Nc1n[nH]nc1C(N)=O. The highest BCUT2D eigenvalue weighted by Crippen LogP contribution is 2.11. The van der Waals surface area contributed by atoms with E-state index in [9.17, 15) is 4.79 Å². The minimum Gasteiger partial charge on any atom is -0.364 e. The van der Waals surface area contributed by atoms with Gasteiger partial charge in [0.25, 0.3) is 5.91 Å². The Morgan fingerprint density at radius 2 is 2.31 bits per heavy atom. The highest BCUT2D eigenvalue weighted by molar-refractivity contribution is 5.94. The van der Waals surface area contributed by atoms with Crippen molar-refractivity contribution in [3.05, 3.63) is 5.69 Å². The zero-order chi connectivity index (χ0) is 12.0. The number of aromatic nitrogens is 3. The van der Waals surface area contributed by atoms with E-state index in [-0.39, 0.29) is 11.5 Å². The fourth-order valence-electron chi connectivity index (χ4n) is 1.01. The molecular formula is C8H15N7O. The normalized spacial score (nSPS) is 10.9. The third kappa shape index (κ3) is 3.30. The molecule has 0 aromatic carbocycles. The number of primary amides is 1. The number of hydrogen-bond donors (Lipinski definition) is 2. The van der Waals surface area contributed by atoms with Crippen molar-refractivity contribution < 1.29 is 4.79 Å². The van der Waals surface area contributed by atoms with Crippen molar-refractivity contribution in [3.63, 3.8) is 0 Å². The van der Waals surface area contributed by atoms with Gasteiger partial charge in [0.1, 0.15) is 0 Å². The van der Waals surface area contributed by atoms with Crippen LogP contribution < -0.4 is 5.73 Å². The lowest BCUT2D eigenvalue weighted by molar-refractivity contribution is 0.0996. The second-order valence-electron chi connectivity index (χ2n) is 3.28. The van der Waals surface area contributed by atoms with Crippen LogP contribution in [-0.4, -0.2) is 39.9 Å². The summed E-state index contributed by atoms with van der Waals surface area (Å²) in [6.45, 7) is 2.89. The summed E-state index contributed by atoms with van der Waals surface area (Å²) in [6, 6.07) is 0. The Morgan fingerprint density at radius 1 is 1.56 bits per heavy atom. The molecule has 1 rings (SSSR count). The van der Waals surface area contributed by atoms with Gasteiger partial charge in [-0.1, -0.05) is 18.6 Å². The summed E-state index contributed by atoms with van der Waals surface area (Å²) in [7, 11) is 1.79. The van der Waals surface area contributed by atoms with Crippen LogP contribution >= 0.6 is 0 Å². The van der Waals surface area contributed by atoms with Gasteiger partial charge < -0.3 is 5.73 Å². The lowest BCUT2D eigenvalue weighted by atomic mass is 10.3. The summed E-state index contributed by atoms with van der Waals surface area (Å²) < 4.78 is 0. The van der Waals surface area contributed by atoms with E-state index < -0.39 is 5.91 Å². The number of rotatable bonds is 6. The topological polar surface area (TPSA) is 113 Å². The first-order chi connectivity index (χ1) is 7.65. The molecule has 3 N–H and O–H groups in total. The molecule has 0 atom stereocenters. The monoisotopic (exact) mass is 225 g/mol. The van der Waals surface area contributed by atoms with Gasteiger partial charge in [0, 0.05) is 13.6 Å². The van der Waals surface area contributed by atoms with Crippen molar-refractivity contribution in [2.75, 3.05) is 13.6 Å². The molecule has 0 saturated carbocycles. The number of carbonyl (C=O) groups excluding carboxylic acids is 1. The number of nitrogens with zero attached hydrogens (tertiary/aromatic N) is 5. The number of nitrogens with one attached hydrogen (secondary N) is 1. The summed E-state index contributed by atoms with van der Waals surface area (Å²) in [4.78, 5) is 10.9. The number of hydrogen-bond acceptors (Lipinski definition) is 5. The molecular weight excluding hydrogens is 210 g/mol. The van der Waals surface area contributed by atoms with Gasteiger partial charge in [0.15, 0.2) is 5.69 Å². The predicted molar refractivity (Wildman–Crippen MR) is 57.0 cm³/mol.